The Morgan fingerprint density at radius 1 is 1.05 bits per heavy atom. The minimum atomic E-state index is -0.627. The van der Waals surface area contributed by atoms with Gasteiger partial charge in [-0.25, -0.2) is 0 Å². The summed E-state index contributed by atoms with van der Waals surface area (Å²) in [6, 6.07) is 15.3. The van der Waals surface area contributed by atoms with Gasteiger partial charge in [0.15, 0.2) is 0 Å². The van der Waals surface area contributed by atoms with Gasteiger partial charge >= 0.3 is 0 Å². The number of aliphatic hydroxyl groups excluding tert-OH is 1. The number of ether oxygens (including phenoxy) is 2. The molecule has 0 aliphatic rings. The van der Waals surface area contributed by atoms with Crippen molar-refractivity contribution in [1.29, 1.82) is 0 Å². The molecule has 2 aromatic rings. The number of aliphatic hydroxyl groups is 1. The van der Waals surface area contributed by atoms with Crippen molar-refractivity contribution in [3.05, 3.63) is 54.1 Å². The summed E-state index contributed by atoms with van der Waals surface area (Å²) in [5.41, 5.74) is 1.78. The largest absolute Gasteiger partial charge is 0.497 e. The van der Waals surface area contributed by atoms with E-state index in [4.69, 9.17) is 9.47 Å². The minimum Gasteiger partial charge on any atom is -0.497 e. The second-order valence-corrected chi connectivity index (χ2v) is 4.84. The smallest absolute Gasteiger partial charge is 0.124 e. The van der Waals surface area contributed by atoms with Crippen molar-refractivity contribution in [3.63, 3.8) is 0 Å². The lowest BCUT2D eigenvalue weighted by molar-refractivity contribution is 0.180. The molecule has 4 heteroatoms. The molecule has 0 bridgehead atoms. The highest BCUT2D eigenvalue weighted by Crippen LogP contribution is 2.27. The van der Waals surface area contributed by atoms with Gasteiger partial charge in [-0.1, -0.05) is 24.3 Å². The molecule has 0 aliphatic carbocycles. The van der Waals surface area contributed by atoms with Gasteiger partial charge < -0.3 is 19.5 Å². The molecule has 1 atom stereocenters. The van der Waals surface area contributed by atoms with Crippen molar-refractivity contribution in [2.24, 2.45) is 0 Å². The Morgan fingerprint density at radius 2 is 1.81 bits per heavy atom. The first kappa shape index (κ1) is 15.2. The van der Waals surface area contributed by atoms with Crippen LogP contribution in [0.5, 0.6) is 11.5 Å². The Balaban J connectivity index is 2.12. The van der Waals surface area contributed by atoms with E-state index in [-0.39, 0.29) is 0 Å². The Labute approximate surface area is 125 Å². The first-order valence-electron chi connectivity index (χ1n) is 6.82. The number of para-hydroxylation sites is 1. The normalized spacial score (nSPS) is 11.8. The maximum atomic E-state index is 10.4. The fourth-order valence-corrected chi connectivity index (χ4v) is 2.25. The second kappa shape index (κ2) is 6.99. The quantitative estimate of drug-likeness (QED) is 0.887. The van der Waals surface area contributed by atoms with E-state index in [1.165, 1.54) is 0 Å². The molecule has 0 spiro atoms. The fraction of sp³-hybridized carbons (Fsp3) is 0.294. The molecule has 0 saturated heterocycles. The lowest BCUT2D eigenvalue weighted by Crippen LogP contribution is -2.24. The SMILES string of the molecule is COc1cccc(N(C)CC(O)c2ccccc2OC)c1. The summed E-state index contributed by atoms with van der Waals surface area (Å²) in [5.74, 6) is 1.50. The van der Waals surface area contributed by atoms with Crippen molar-refractivity contribution in [2.45, 2.75) is 6.10 Å². The molecule has 0 radical (unpaired) electrons. The van der Waals surface area contributed by atoms with Crippen LogP contribution in [-0.4, -0.2) is 32.9 Å². The summed E-state index contributed by atoms with van der Waals surface area (Å²) in [7, 11) is 5.19. The van der Waals surface area contributed by atoms with Crippen molar-refractivity contribution < 1.29 is 14.6 Å². The molecule has 4 nitrogen and oxygen atoms in total. The third kappa shape index (κ3) is 3.67. The van der Waals surface area contributed by atoms with Crippen molar-refractivity contribution in [3.8, 4) is 11.5 Å². The van der Waals surface area contributed by atoms with Crippen LogP contribution in [0, 0.1) is 0 Å². The van der Waals surface area contributed by atoms with Gasteiger partial charge in [-0.15, -0.1) is 0 Å². The molecule has 0 heterocycles. The van der Waals surface area contributed by atoms with E-state index >= 15 is 0 Å². The lowest BCUT2D eigenvalue weighted by Gasteiger charge is -2.24. The summed E-state index contributed by atoms with van der Waals surface area (Å²) >= 11 is 0. The van der Waals surface area contributed by atoms with Crippen LogP contribution in [0.3, 0.4) is 0 Å². The molecule has 0 aromatic heterocycles. The van der Waals surface area contributed by atoms with E-state index in [1.54, 1.807) is 14.2 Å². The van der Waals surface area contributed by atoms with Crippen LogP contribution in [-0.2, 0) is 0 Å². The Kier molecular flexibility index (Phi) is 5.06. The predicted molar refractivity (Wildman–Crippen MR) is 84.2 cm³/mol. The van der Waals surface area contributed by atoms with Crippen LogP contribution in [0.15, 0.2) is 48.5 Å². The molecule has 112 valence electrons. The third-order valence-corrected chi connectivity index (χ3v) is 3.44. The van der Waals surface area contributed by atoms with Crippen LogP contribution in [0.2, 0.25) is 0 Å². The number of benzene rings is 2. The highest BCUT2D eigenvalue weighted by Gasteiger charge is 2.15. The van der Waals surface area contributed by atoms with Gasteiger partial charge in [0.05, 0.1) is 20.3 Å². The summed E-state index contributed by atoms with van der Waals surface area (Å²) < 4.78 is 10.5. The number of anilines is 1. The molecule has 0 amide bonds. The number of rotatable bonds is 6. The zero-order valence-corrected chi connectivity index (χ0v) is 12.6. The van der Waals surface area contributed by atoms with E-state index in [1.807, 2.05) is 60.5 Å². The molecule has 2 aromatic carbocycles. The number of hydrogen-bond acceptors (Lipinski definition) is 4. The Morgan fingerprint density at radius 3 is 2.52 bits per heavy atom. The van der Waals surface area contributed by atoms with E-state index < -0.39 is 6.10 Å². The molecule has 21 heavy (non-hydrogen) atoms. The summed E-state index contributed by atoms with van der Waals surface area (Å²) in [5, 5.41) is 10.4. The topological polar surface area (TPSA) is 41.9 Å². The highest BCUT2D eigenvalue weighted by molar-refractivity contribution is 5.50. The predicted octanol–water partition coefficient (Wildman–Crippen LogP) is 2.87. The zero-order valence-electron chi connectivity index (χ0n) is 12.6. The van der Waals surface area contributed by atoms with Gasteiger partial charge in [-0.3, -0.25) is 0 Å². The number of likely N-dealkylation sites (N-methyl/N-ethyl adjacent to an activating group) is 1. The van der Waals surface area contributed by atoms with Gasteiger partial charge in [-0.05, 0) is 18.2 Å². The Bertz CT molecular complexity index is 586. The average Bonchev–Trinajstić information content (AvgIpc) is 2.54. The third-order valence-electron chi connectivity index (χ3n) is 3.44. The molecule has 2 rings (SSSR count). The van der Waals surface area contributed by atoms with Crippen molar-refractivity contribution >= 4 is 5.69 Å². The lowest BCUT2D eigenvalue weighted by atomic mass is 10.1. The van der Waals surface area contributed by atoms with E-state index in [0.717, 1.165) is 17.0 Å². The number of nitrogens with zero attached hydrogens (tertiary/aromatic N) is 1. The first-order chi connectivity index (χ1) is 10.2. The Hall–Kier alpha value is -2.20. The molecule has 1 N–H and O–H groups in total. The summed E-state index contributed by atoms with van der Waals surface area (Å²) in [4.78, 5) is 1.99. The molecule has 0 saturated carbocycles. The van der Waals surface area contributed by atoms with Gasteiger partial charge in [0.2, 0.25) is 0 Å². The first-order valence-corrected chi connectivity index (χ1v) is 6.82. The monoisotopic (exact) mass is 287 g/mol. The zero-order chi connectivity index (χ0) is 15.2. The average molecular weight is 287 g/mol. The van der Waals surface area contributed by atoms with Gasteiger partial charge in [0.1, 0.15) is 11.5 Å². The molecular weight excluding hydrogens is 266 g/mol. The minimum absolute atomic E-state index is 0.466. The van der Waals surface area contributed by atoms with Gasteiger partial charge in [0, 0.05) is 30.9 Å². The summed E-state index contributed by atoms with van der Waals surface area (Å²) in [6.07, 6.45) is -0.627. The van der Waals surface area contributed by atoms with Crippen LogP contribution < -0.4 is 14.4 Å². The number of hydrogen-bond donors (Lipinski definition) is 1. The van der Waals surface area contributed by atoms with Gasteiger partial charge in [0.25, 0.3) is 0 Å². The van der Waals surface area contributed by atoms with Crippen LogP contribution >= 0.6 is 0 Å². The van der Waals surface area contributed by atoms with Crippen LogP contribution in [0.1, 0.15) is 11.7 Å². The standard InChI is InChI=1S/C17H21NO3/c1-18(13-7-6-8-14(11-13)20-2)12-16(19)15-9-4-5-10-17(15)21-3/h4-11,16,19H,12H2,1-3H3. The molecular formula is C17H21NO3. The molecule has 1 unspecified atom stereocenters. The van der Waals surface area contributed by atoms with Crippen LogP contribution in [0.4, 0.5) is 5.69 Å². The van der Waals surface area contributed by atoms with E-state index in [0.29, 0.717) is 12.3 Å². The van der Waals surface area contributed by atoms with Crippen LogP contribution in [0.25, 0.3) is 0 Å². The fourth-order valence-electron chi connectivity index (χ4n) is 2.25. The van der Waals surface area contributed by atoms with Gasteiger partial charge in [-0.2, -0.15) is 0 Å². The summed E-state index contributed by atoms with van der Waals surface area (Å²) in [6.45, 7) is 0.466. The van der Waals surface area contributed by atoms with Crippen molar-refractivity contribution in [1.82, 2.24) is 0 Å². The number of methoxy groups -OCH3 is 2. The molecule has 0 fully saturated rings. The van der Waals surface area contributed by atoms with E-state index in [9.17, 15) is 5.11 Å². The highest BCUT2D eigenvalue weighted by atomic mass is 16.5. The van der Waals surface area contributed by atoms with Crippen molar-refractivity contribution in [2.75, 3.05) is 32.7 Å². The maximum Gasteiger partial charge on any atom is 0.124 e. The second-order valence-electron chi connectivity index (χ2n) is 4.84. The molecule has 0 aliphatic heterocycles. The maximum absolute atomic E-state index is 10.4. The van der Waals surface area contributed by atoms with E-state index in [2.05, 4.69) is 0 Å².